The molecule has 0 saturated carbocycles. The van der Waals surface area contributed by atoms with E-state index in [1.54, 1.807) is 17.5 Å². The van der Waals surface area contributed by atoms with E-state index in [4.69, 9.17) is 4.99 Å². The summed E-state index contributed by atoms with van der Waals surface area (Å²) >= 11 is 1.67. The van der Waals surface area contributed by atoms with Gasteiger partial charge in [-0.05, 0) is 62.9 Å². The van der Waals surface area contributed by atoms with Gasteiger partial charge in [0.2, 0.25) is 0 Å². The molecule has 2 N–H and O–H groups in total. The number of pyridine rings is 1. The minimum Gasteiger partial charge on any atom is -0.481 e. The topological polar surface area (TPSA) is 105 Å². The molecule has 0 bridgehead atoms. The van der Waals surface area contributed by atoms with Gasteiger partial charge in [0.1, 0.15) is 16.9 Å². The Morgan fingerprint density at radius 3 is 2.62 bits per heavy atom. The molecule has 4 aromatic rings. The van der Waals surface area contributed by atoms with Gasteiger partial charge in [-0.25, -0.2) is 0 Å². The normalized spacial score (nSPS) is 15.4. The highest BCUT2D eigenvalue weighted by Gasteiger charge is 2.37. The van der Waals surface area contributed by atoms with E-state index in [9.17, 15) is 9.90 Å². The van der Waals surface area contributed by atoms with Gasteiger partial charge in [0.25, 0.3) is 0 Å². The second-order valence-electron chi connectivity index (χ2n) is 9.30. The highest BCUT2D eigenvalue weighted by Crippen LogP contribution is 2.41. The highest BCUT2D eigenvalue weighted by molar-refractivity contribution is 7.15. The van der Waals surface area contributed by atoms with E-state index in [1.165, 1.54) is 10.4 Å². The molecule has 190 valence electrons. The van der Waals surface area contributed by atoms with Crippen molar-refractivity contribution in [1.29, 1.82) is 0 Å². The Bertz CT molecular complexity index is 1460. The summed E-state index contributed by atoms with van der Waals surface area (Å²) in [4.78, 5) is 22.7. The number of carbonyl (C=O) groups is 1. The molecule has 0 saturated heterocycles. The van der Waals surface area contributed by atoms with Crippen molar-refractivity contribution in [1.82, 2.24) is 19.7 Å². The number of hydrogen-bond donors (Lipinski definition) is 2. The number of carboxylic acid groups (broad SMARTS) is 1. The largest absolute Gasteiger partial charge is 0.481 e. The number of aliphatic imine (C=N–C) groups is 1. The zero-order valence-electron chi connectivity index (χ0n) is 21.4. The van der Waals surface area contributed by atoms with Crippen molar-refractivity contribution >= 4 is 28.7 Å². The van der Waals surface area contributed by atoms with Crippen molar-refractivity contribution in [3.63, 3.8) is 0 Å². The molecular weight excluding hydrogens is 484 g/mol. The van der Waals surface area contributed by atoms with Gasteiger partial charge < -0.3 is 10.4 Å². The zero-order valence-corrected chi connectivity index (χ0v) is 22.2. The van der Waals surface area contributed by atoms with Crippen molar-refractivity contribution < 1.29 is 9.90 Å². The van der Waals surface area contributed by atoms with Crippen molar-refractivity contribution in [3.8, 4) is 5.00 Å². The van der Waals surface area contributed by atoms with Gasteiger partial charge in [0.15, 0.2) is 5.82 Å². The van der Waals surface area contributed by atoms with E-state index in [0.29, 0.717) is 12.2 Å². The first kappa shape index (κ1) is 24.8. The molecule has 1 aliphatic heterocycles. The van der Waals surface area contributed by atoms with Crippen LogP contribution < -0.4 is 5.32 Å². The van der Waals surface area contributed by atoms with Crippen LogP contribution in [0.25, 0.3) is 5.00 Å². The molecule has 0 spiro atoms. The van der Waals surface area contributed by atoms with Crippen LogP contribution in [0, 0.1) is 26.7 Å². The third-order valence-corrected chi connectivity index (χ3v) is 8.14. The number of aryl methyl sites for hydroxylation is 2. The molecule has 37 heavy (non-hydrogen) atoms. The van der Waals surface area contributed by atoms with E-state index in [0.717, 1.165) is 51.9 Å². The number of aliphatic carboxylic acids is 1. The van der Waals surface area contributed by atoms with Crippen LogP contribution in [0.3, 0.4) is 0 Å². The Morgan fingerprint density at radius 2 is 1.95 bits per heavy atom. The maximum absolute atomic E-state index is 12.2. The van der Waals surface area contributed by atoms with Gasteiger partial charge in [-0.15, -0.1) is 21.5 Å². The van der Waals surface area contributed by atoms with Crippen LogP contribution in [0.5, 0.6) is 0 Å². The summed E-state index contributed by atoms with van der Waals surface area (Å²) in [7, 11) is 0. The number of aromatic nitrogens is 4. The van der Waals surface area contributed by atoms with Gasteiger partial charge in [-0.3, -0.25) is 19.3 Å². The van der Waals surface area contributed by atoms with Crippen LogP contribution in [-0.4, -0.2) is 43.1 Å². The molecule has 1 aliphatic rings. The Labute approximate surface area is 220 Å². The fourth-order valence-corrected chi connectivity index (χ4v) is 6.01. The first-order valence-electron chi connectivity index (χ1n) is 12.5. The van der Waals surface area contributed by atoms with Gasteiger partial charge in [0.05, 0.1) is 11.6 Å². The summed E-state index contributed by atoms with van der Waals surface area (Å²) in [5, 5.41) is 23.2. The number of nitrogens with one attached hydrogen (secondary N) is 1. The first-order chi connectivity index (χ1) is 17.9. The number of nitrogens with zero attached hydrogens (tertiary/aromatic N) is 5. The van der Waals surface area contributed by atoms with Crippen molar-refractivity contribution in [2.45, 2.75) is 46.6 Å². The number of anilines is 1. The van der Waals surface area contributed by atoms with Crippen LogP contribution in [0.1, 0.15) is 58.2 Å². The molecule has 0 amide bonds. The molecule has 2 atom stereocenters. The third kappa shape index (κ3) is 4.67. The minimum absolute atomic E-state index is 0.439. The van der Waals surface area contributed by atoms with Crippen molar-refractivity contribution in [2.75, 3.05) is 11.9 Å². The lowest BCUT2D eigenvalue weighted by Gasteiger charge is -2.19. The Hall–Kier alpha value is -3.85. The summed E-state index contributed by atoms with van der Waals surface area (Å²) < 4.78 is 2.00. The summed E-state index contributed by atoms with van der Waals surface area (Å²) in [6.07, 6.45) is 4.99. The molecule has 8 nitrogen and oxygen atoms in total. The lowest BCUT2D eigenvalue weighted by molar-refractivity contribution is -0.142. The number of carboxylic acids is 1. The lowest BCUT2D eigenvalue weighted by Crippen LogP contribution is -2.23. The molecule has 3 aromatic heterocycles. The van der Waals surface area contributed by atoms with Crippen molar-refractivity contribution in [3.05, 3.63) is 87.6 Å². The quantitative estimate of drug-likeness (QED) is 0.330. The van der Waals surface area contributed by atoms with Crippen LogP contribution in [0.4, 0.5) is 5.69 Å². The SMILES string of the molecule is CC[C@H](C(=O)O)C1N=C(c2ccc(NCCc3cccnc3)cc2)c2c(sc(C)c2C)-n2c(C)nnc21. The first-order valence-corrected chi connectivity index (χ1v) is 13.3. The van der Waals surface area contributed by atoms with E-state index in [2.05, 4.69) is 64.7 Å². The zero-order chi connectivity index (χ0) is 26.1. The third-order valence-electron chi connectivity index (χ3n) is 6.95. The standard InChI is InChI=1S/C28H30N6O2S/c1-5-22(28(35)36)25-26-33-32-18(4)34(26)27-23(16(2)17(3)37-27)24(31-25)20-8-10-21(11-9-20)30-14-12-19-7-6-13-29-15-19/h6-11,13,15,22,25,30H,5,12,14H2,1-4H3,(H,35,36)/t22-,25?/m0/s1. The smallest absolute Gasteiger partial charge is 0.309 e. The van der Waals surface area contributed by atoms with Crippen LogP contribution >= 0.6 is 11.3 Å². The number of fused-ring (bicyclic) bond motifs is 3. The molecule has 0 fully saturated rings. The van der Waals surface area contributed by atoms with E-state index < -0.39 is 17.9 Å². The van der Waals surface area contributed by atoms with Crippen LogP contribution in [0.15, 0.2) is 53.8 Å². The van der Waals surface area contributed by atoms with Gasteiger partial charge in [-0.1, -0.05) is 25.1 Å². The molecule has 1 aromatic carbocycles. The Balaban J connectivity index is 1.53. The average molecular weight is 515 g/mol. The molecule has 1 unspecified atom stereocenters. The summed E-state index contributed by atoms with van der Waals surface area (Å²) in [5.74, 6) is -0.277. The predicted molar refractivity (Wildman–Crippen MR) is 146 cm³/mol. The molecule has 5 rings (SSSR count). The monoisotopic (exact) mass is 514 g/mol. The molecular formula is C28H30N6O2S. The lowest BCUT2D eigenvalue weighted by atomic mass is 9.95. The molecule has 9 heteroatoms. The second kappa shape index (κ2) is 10.3. The summed E-state index contributed by atoms with van der Waals surface area (Å²) in [6.45, 7) is 8.78. The number of benzene rings is 1. The van der Waals surface area contributed by atoms with Gasteiger partial charge in [-0.2, -0.15) is 0 Å². The van der Waals surface area contributed by atoms with Crippen LogP contribution in [-0.2, 0) is 11.2 Å². The van der Waals surface area contributed by atoms with E-state index >= 15 is 0 Å². The Kier molecular flexibility index (Phi) is 6.88. The van der Waals surface area contributed by atoms with Gasteiger partial charge >= 0.3 is 5.97 Å². The summed E-state index contributed by atoms with van der Waals surface area (Å²) in [5.41, 5.74) is 6.11. The molecule has 0 radical (unpaired) electrons. The van der Waals surface area contributed by atoms with E-state index in [-0.39, 0.29) is 0 Å². The predicted octanol–water partition coefficient (Wildman–Crippen LogP) is 5.31. The average Bonchev–Trinajstić information content (AvgIpc) is 3.36. The Morgan fingerprint density at radius 1 is 1.16 bits per heavy atom. The minimum atomic E-state index is -0.880. The maximum atomic E-state index is 12.2. The van der Waals surface area contributed by atoms with Crippen molar-refractivity contribution in [2.24, 2.45) is 10.9 Å². The number of rotatable bonds is 8. The maximum Gasteiger partial charge on any atom is 0.309 e. The van der Waals surface area contributed by atoms with E-state index in [1.807, 2.05) is 30.7 Å². The van der Waals surface area contributed by atoms with Gasteiger partial charge in [0, 0.05) is 40.6 Å². The molecule has 0 aliphatic carbocycles. The molecule has 4 heterocycles. The summed E-state index contributed by atoms with van der Waals surface area (Å²) in [6, 6.07) is 11.6. The highest BCUT2D eigenvalue weighted by atomic mass is 32.1. The fraction of sp³-hybridized carbons (Fsp3) is 0.321. The number of hydrogen-bond acceptors (Lipinski definition) is 7. The number of thiophene rings is 1. The second-order valence-corrected chi connectivity index (χ2v) is 10.5. The van der Waals surface area contributed by atoms with Crippen LogP contribution in [0.2, 0.25) is 0 Å². The fourth-order valence-electron chi connectivity index (χ4n) is 4.79.